The SMILES string of the molecule is Cc1cccc(C)c1CNCCS(N)(=O)=O. The first-order valence-electron chi connectivity index (χ1n) is 5.16. The van der Waals surface area contributed by atoms with Gasteiger partial charge >= 0.3 is 0 Å². The smallest absolute Gasteiger partial charge is 0.210 e. The van der Waals surface area contributed by atoms with Gasteiger partial charge < -0.3 is 5.32 Å². The van der Waals surface area contributed by atoms with Crippen LogP contribution in [0.1, 0.15) is 16.7 Å². The van der Waals surface area contributed by atoms with Gasteiger partial charge in [-0.2, -0.15) is 0 Å². The number of hydrogen-bond donors (Lipinski definition) is 2. The summed E-state index contributed by atoms with van der Waals surface area (Å²) in [7, 11) is -3.36. The molecule has 0 saturated heterocycles. The van der Waals surface area contributed by atoms with Gasteiger partial charge in [0.05, 0.1) is 5.75 Å². The fourth-order valence-electron chi connectivity index (χ4n) is 1.56. The molecule has 1 aromatic rings. The van der Waals surface area contributed by atoms with Crippen molar-refractivity contribution in [1.82, 2.24) is 5.32 Å². The molecule has 0 heterocycles. The van der Waals surface area contributed by atoms with Gasteiger partial charge in [-0.3, -0.25) is 0 Å². The van der Waals surface area contributed by atoms with E-state index in [0.29, 0.717) is 13.1 Å². The predicted molar refractivity (Wildman–Crippen MR) is 65.6 cm³/mol. The lowest BCUT2D eigenvalue weighted by Gasteiger charge is -2.10. The van der Waals surface area contributed by atoms with Crippen LogP contribution in [0, 0.1) is 13.8 Å². The second-order valence-corrected chi connectivity index (χ2v) is 5.65. The number of aryl methyl sites for hydroxylation is 2. The monoisotopic (exact) mass is 242 g/mol. The zero-order chi connectivity index (χ0) is 12.2. The molecule has 3 N–H and O–H groups in total. The van der Waals surface area contributed by atoms with Gasteiger partial charge in [-0.05, 0) is 30.5 Å². The molecule has 0 unspecified atom stereocenters. The van der Waals surface area contributed by atoms with Crippen molar-refractivity contribution in [2.45, 2.75) is 20.4 Å². The molecule has 0 aliphatic heterocycles. The van der Waals surface area contributed by atoms with Crippen molar-refractivity contribution < 1.29 is 8.42 Å². The van der Waals surface area contributed by atoms with E-state index in [2.05, 4.69) is 5.32 Å². The van der Waals surface area contributed by atoms with Gasteiger partial charge in [0.1, 0.15) is 0 Å². The van der Waals surface area contributed by atoms with Gasteiger partial charge in [-0.1, -0.05) is 18.2 Å². The van der Waals surface area contributed by atoms with Crippen LogP contribution in [0.3, 0.4) is 0 Å². The van der Waals surface area contributed by atoms with Crippen molar-refractivity contribution in [1.29, 1.82) is 0 Å². The van der Waals surface area contributed by atoms with Gasteiger partial charge in [0.2, 0.25) is 10.0 Å². The molecule has 0 bridgehead atoms. The Hall–Kier alpha value is -0.910. The van der Waals surface area contributed by atoms with E-state index in [9.17, 15) is 8.42 Å². The fourth-order valence-corrected chi connectivity index (χ4v) is 1.98. The van der Waals surface area contributed by atoms with Crippen LogP contribution in [0.2, 0.25) is 0 Å². The molecule has 0 aromatic heterocycles. The van der Waals surface area contributed by atoms with Crippen LogP contribution in [-0.2, 0) is 16.6 Å². The molecular weight excluding hydrogens is 224 g/mol. The molecule has 90 valence electrons. The number of primary sulfonamides is 1. The Labute approximate surface area is 96.9 Å². The largest absolute Gasteiger partial charge is 0.312 e. The number of sulfonamides is 1. The van der Waals surface area contributed by atoms with E-state index in [-0.39, 0.29) is 5.75 Å². The second-order valence-electron chi connectivity index (χ2n) is 3.91. The average molecular weight is 242 g/mol. The maximum absolute atomic E-state index is 10.7. The molecule has 0 saturated carbocycles. The van der Waals surface area contributed by atoms with Crippen molar-refractivity contribution in [2.75, 3.05) is 12.3 Å². The Morgan fingerprint density at radius 3 is 2.31 bits per heavy atom. The van der Waals surface area contributed by atoms with Gasteiger partial charge in [0.15, 0.2) is 0 Å². The summed E-state index contributed by atoms with van der Waals surface area (Å²) in [5.41, 5.74) is 3.64. The maximum Gasteiger partial charge on any atom is 0.210 e. The van der Waals surface area contributed by atoms with Crippen molar-refractivity contribution in [3.63, 3.8) is 0 Å². The molecule has 0 spiro atoms. The third-order valence-corrected chi connectivity index (χ3v) is 3.28. The molecule has 0 fully saturated rings. The molecular formula is C11H18N2O2S. The van der Waals surface area contributed by atoms with Gasteiger partial charge in [-0.15, -0.1) is 0 Å². The topological polar surface area (TPSA) is 72.2 Å². The summed E-state index contributed by atoms with van der Waals surface area (Å²) in [6.07, 6.45) is 0. The fraction of sp³-hybridized carbons (Fsp3) is 0.455. The first-order chi connectivity index (χ1) is 7.40. The van der Waals surface area contributed by atoms with Crippen molar-refractivity contribution >= 4 is 10.0 Å². The highest BCUT2D eigenvalue weighted by Crippen LogP contribution is 2.12. The van der Waals surface area contributed by atoms with Gasteiger partial charge in [0.25, 0.3) is 0 Å². The zero-order valence-electron chi connectivity index (χ0n) is 9.66. The Morgan fingerprint density at radius 2 is 1.81 bits per heavy atom. The summed E-state index contributed by atoms with van der Waals surface area (Å²) in [6, 6.07) is 6.10. The highest BCUT2D eigenvalue weighted by molar-refractivity contribution is 7.89. The summed E-state index contributed by atoms with van der Waals surface area (Å²) in [4.78, 5) is 0. The Bertz CT molecular complexity index is 435. The quantitative estimate of drug-likeness (QED) is 0.746. The van der Waals surface area contributed by atoms with Crippen molar-refractivity contribution in [3.05, 3.63) is 34.9 Å². The van der Waals surface area contributed by atoms with Gasteiger partial charge in [-0.25, -0.2) is 13.6 Å². The van der Waals surface area contributed by atoms with E-state index in [4.69, 9.17) is 5.14 Å². The van der Waals surface area contributed by atoms with E-state index in [1.54, 1.807) is 0 Å². The molecule has 0 radical (unpaired) electrons. The predicted octanol–water partition coefficient (Wildman–Crippen LogP) is 0.682. The Morgan fingerprint density at radius 1 is 1.25 bits per heavy atom. The van der Waals surface area contributed by atoms with E-state index >= 15 is 0 Å². The first-order valence-corrected chi connectivity index (χ1v) is 6.88. The van der Waals surface area contributed by atoms with Crippen LogP contribution in [0.15, 0.2) is 18.2 Å². The Kier molecular flexibility index (Phi) is 4.46. The number of nitrogens with two attached hydrogens (primary N) is 1. The van der Waals surface area contributed by atoms with Gasteiger partial charge in [0, 0.05) is 13.1 Å². The molecule has 0 aliphatic rings. The molecule has 16 heavy (non-hydrogen) atoms. The molecule has 0 aliphatic carbocycles. The van der Waals surface area contributed by atoms with Crippen LogP contribution in [0.25, 0.3) is 0 Å². The highest BCUT2D eigenvalue weighted by Gasteiger charge is 2.04. The van der Waals surface area contributed by atoms with Crippen molar-refractivity contribution in [2.24, 2.45) is 5.14 Å². The highest BCUT2D eigenvalue weighted by atomic mass is 32.2. The summed E-state index contributed by atoms with van der Waals surface area (Å²) >= 11 is 0. The van der Waals surface area contributed by atoms with Crippen LogP contribution >= 0.6 is 0 Å². The van der Waals surface area contributed by atoms with E-state index < -0.39 is 10.0 Å². The number of rotatable bonds is 5. The summed E-state index contributed by atoms with van der Waals surface area (Å²) < 4.78 is 21.4. The minimum Gasteiger partial charge on any atom is -0.312 e. The average Bonchev–Trinajstić information content (AvgIpc) is 2.14. The number of nitrogens with one attached hydrogen (secondary N) is 1. The second kappa shape index (κ2) is 5.43. The normalized spacial score (nSPS) is 11.7. The molecule has 4 nitrogen and oxygen atoms in total. The van der Waals surface area contributed by atoms with Crippen LogP contribution < -0.4 is 10.5 Å². The minimum atomic E-state index is -3.36. The standard InChI is InChI=1S/C11H18N2O2S/c1-9-4-3-5-10(2)11(9)8-13-6-7-16(12,14)15/h3-5,13H,6-8H2,1-2H3,(H2,12,14,15). The van der Waals surface area contributed by atoms with E-state index in [0.717, 1.165) is 0 Å². The third-order valence-electron chi connectivity index (χ3n) is 2.51. The van der Waals surface area contributed by atoms with Crippen LogP contribution in [0.4, 0.5) is 0 Å². The summed E-state index contributed by atoms with van der Waals surface area (Å²) in [5.74, 6) is -0.0298. The third kappa shape index (κ3) is 4.30. The molecule has 1 rings (SSSR count). The maximum atomic E-state index is 10.7. The summed E-state index contributed by atoms with van der Waals surface area (Å²) in [5, 5.41) is 7.99. The van der Waals surface area contributed by atoms with E-state index in [1.165, 1.54) is 16.7 Å². The minimum absolute atomic E-state index is 0.0298. The lowest BCUT2D eigenvalue weighted by Crippen LogP contribution is -2.27. The Balaban J connectivity index is 2.49. The zero-order valence-corrected chi connectivity index (χ0v) is 10.5. The summed E-state index contributed by atoms with van der Waals surface area (Å²) in [6.45, 7) is 5.15. The van der Waals surface area contributed by atoms with Crippen LogP contribution in [0.5, 0.6) is 0 Å². The lowest BCUT2D eigenvalue weighted by atomic mass is 10.0. The van der Waals surface area contributed by atoms with Crippen LogP contribution in [-0.4, -0.2) is 20.7 Å². The number of hydrogen-bond acceptors (Lipinski definition) is 3. The van der Waals surface area contributed by atoms with E-state index in [1.807, 2.05) is 32.0 Å². The lowest BCUT2D eigenvalue weighted by molar-refractivity contribution is 0.592. The molecule has 1 aromatic carbocycles. The molecule has 0 amide bonds. The molecule has 0 atom stereocenters. The number of benzene rings is 1. The van der Waals surface area contributed by atoms with Crippen molar-refractivity contribution in [3.8, 4) is 0 Å². The molecule has 5 heteroatoms. The first kappa shape index (κ1) is 13.2.